The number of carbonyl (C=O) groups is 1. The van der Waals surface area contributed by atoms with Crippen LogP contribution in [0.5, 0.6) is 0 Å². The SMILES string of the molecule is O=Cc1ccc(CCl)c2cc(I)sc12. The van der Waals surface area contributed by atoms with E-state index < -0.39 is 0 Å². The quantitative estimate of drug-likeness (QED) is 0.459. The van der Waals surface area contributed by atoms with Crippen LogP contribution in [0.3, 0.4) is 0 Å². The first-order valence-electron chi connectivity index (χ1n) is 3.98. The number of hydrogen-bond acceptors (Lipinski definition) is 2. The summed E-state index contributed by atoms with van der Waals surface area (Å²) in [5.41, 5.74) is 1.84. The molecule has 0 atom stereocenters. The molecule has 1 aromatic heterocycles. The Morgan fingerprint density at radius 2 is 2.29 bits per heavy atom. The number of hydrogen-bond donors (Lipinski definition) is 0. The van der Waals surface area contributed by atoms with Gasteiger partial charge in [-0.3, -0.25) is 4.79 Å². The molecular formula is C10H6ClIOS. The average Bonchev–Trinajstić information content (AvgIpc) is 2.57. The van der Waals surface area contributed by atoms with Gasteiger partial charge in [0, 0.05) is 16.1 Å². The minimum atomic E-state index is 0.489. The fourth-order valence-corrected chi connectivity index (χ4v) is 3.49. The first kappa shape index (κ1) is 10.4. The van der Waals surface area contributed by atoms with Crippen LogP contribution >= 0.6 is 45.5 Å². The molecule has 1 heterocycles. The lowest BCUT2D eigenvalue weighted by atomic mass is 10.1. The highest BCUT2D eigenvalue weighted by Gasteiger charge is 2.08. The van der Waals surface area contributed by atoms with Crippen LogP contribution in [0.2, 0.25) is 0 Å². The molecule has 0 unspecified atom stereocenters. The lowest BCUT2D eigenvalue weighted by Crippen LogP contribution is -1.83. The van der Waals surface area contributed by atoms with Crippen LogP contribution in [-0.4, -0.2) is 6.29 Å². The zero-order chi connectivity index (χ0) is 10.1. The van der Waals surface area contributed by atoms with Crippen molar-refractivity contribution in [3.8, 4) is 0 Å². The normalized spacial score (nSPS) is 10.7. The Morgan fingerprint density at radius 3 is 2.93 bits per heavy atom. The summed E-state index contributed by atoms with van der Waals surface area (Å²) in [5.74, 6) is 0.489. The predicted molar refractivity (Wildman–Crippen MR) is 69.5 cm³/mol. The van der Waals surface area contributed by atoms with E-state index in [1.54, 1.807) is 11.3 Å². The van der Waals surface area contributed by atoms with Gasteiger partial charge in [0.1, 0.15) is 0 Å². The molecule has 72 valence electrons. The molecule has 0 N–H and O–H groups in total. The molecule has 2 aromatic rings. The summed E-state index contributed by atoms with van der Waals surface area (Å²) >= 11 is 9.71. The number of benzene rings is 1. The van der Waals surface area contributed by atoms with E-state index >= 15 is 0 Å². The highest BCUT2D eigenvalue weighted by atomic mass is 127. The Hall–Kier alpha value is -0.130. The maximum Gasteiger partial charge on any atom is 0.151 e. The summed E-state index contributed by atoms with van der Waals surface area (Å²) in [7, 11) is 0. The molecule has 0 aliphatic rings. The molecule has 4 heteroatoms. The molecular weight excluding hydrogens is 331 g/mol. The van der Waals surface area contributed by atoms with Crippen LogP contribution in [0.15, 0.2) is 18.2 Å². The second-order valence-corrected chi connectivity index (χ2v) is 6.07. The molecule has 14 heavy (non-hydrogen) atoms. The summed E-state index contributed by atoms with van der Waals surface area (Å²) in [5, 5.41) is 1.11. The lowest BCUT2D eigenvalue weighted by Gasteiger charge is -1.99. The van der Waals surface area contributed by atoms with Crippen molar-refractivity contribution >= 4 is 61.9 Å². The third-order valence-electron chi connectivity index (χ3n) is 2.05. The molecule has 0 fully saturated rings. The van der Waals surface area contributed by atoms with Gasteiger partial charge in [0.25, 0.3) is 0 Å². The van der Waals surface area contributed by atoms with Crippen LogP contribution < -0.4 is 0 Å². The van der Waals surface area contributed by atoms with Crippen LogP contribution in [-0.2, 0) is 5.88 Å². The maximum absolute atomic E-state index is 10.8. The Kier molecular flexibility index (Phi) is 3.09. The van der Waals surface area contributed by atoms with Crippen molar-refractivity contribution in [3.63, 3.8) is 0 Å². The van der Waals surface area contributed by atoms with Gasteiger partial charge >= 0.3 is 0 Å². The lowest BCUT2D eigenvalue weighted by molar-refractivity contribution is 0.112. The fourth-order valence-electron chi connectivity index (χ4n) is 1.38. The van der Waals surface area contributed by atoms with Gasteiger partial charge in [-0.2, -0.15) is 0 Å². The molecule has 0 bridgehead atoms. The molecule has 1 nitrogen and oxygen atoms in total. The second kappa shape index (κ2) is 4.16. The Balaban J connectivity index is 2.83. The number of halogens is 2. The van der Waals surface area contributed by atoms with E-state index in [-0.39, 0.29) is 0 Å². The summed E-state index contributed by atoms with van der Waals surface area (Å²) in [6.45, 7) is 0. The second-order valence-electron chi connectivity index (χ2n) is 2.86. The van der Waals surface area contributed by atoms with Gasteiger partial charge < -0.3 is 0 Å². The van der Waals surface area contributed by atoms with E-state index in [9.17, 15) is 4.79 Å². The molecule has 0 aliphatic heterocycles. The van der Waals surface area contributed by atoms with E-state index in [0.717, 1.165) is 27.5 Å². The van der Waals surface area contributed by atoms with Gasteiger partial charge in [0.15, 0.2) is 6.29 Å². The zero-order valence-electron chi connectivity index (χ0n) is 7.09. The summed E-state index contributed by atoms with van der Waals surface area (Å²) in [4.78, 5) is 10.8. The summed E-state index contributed by atoms with van der Waals surface area (Å²) in [6, 6.07) is 5.83. The minimum Gasteiger partial charge on any atom is -0.298 e. The van der Waals surface area contributed by atoms with Crippen molar-refractivity contribution in [1.29, 1.82) is 0 Å². The van der Waals surface area contributed by atoms with Crippen LogP contribution in [0.1, 0.15) is 15.9 Å². The molecule has 0 saturated heterocycles. The van der Waals surface area contributed by atoms with E-state index in [4.69, 9.17) is 11.6 Å². The molecule has 0 spiro atoms. The average molecular weight is 337 g/mol. The van der Waals surface area contributed by atoms with Crippen molar-refractivity contribution in [3.05, 3.63) is 32.2 Å². The number of aldehydes is 1. The Bertz CT molecular complexity index is 492. The smallest absolute Gasteiger partial charge is 0.151 e. The fraction of sp³-hybridized carbons (Fsp3) is 0.100. The van der Waals surface area contributed by atoms with Crippen molar-refractivity contribution in [2.75, 3.05) is 0 Å². The first-order chi connectivity index (χ1) is 6.76. The Morgan fingerprint density at radius 1 is 1.50 bits per heavy atom. The molecule has 0 amide bonds. The van der Waals surface area contributed by atoms with Crippen molar-refractivity contribution in [2.24, 2.45) is 0 Å². The topological polar surface area (TPSA) is 17.1 Å². The van der Waals surface area contributed by atoms with Gasteiger partial charge in [0.2, 0.25) is 0 Å². The number of thiophene rings is 1. The monoisotopic (exact) mass is 336 g/mol. The number of carbonyl (C=O) groups excluding carboxylic acids is 1. The van der Waals surface area contributed by atoms with Gasteiger partial charge in [-0.15, -0.1) is 22.9 Å². The number of alkyl halides is 1. The van der Waals surface area contributed by atoms with Crippen LogP contribution in [0.4, 0.5) is 0 Å². The van der Waals surface area contributed by atoms with Gasteiger partial charge in [-0.25, -0.2) is 0 Å². The third kappa shape index (κ3) is 1.68. The highest BCUT2D eigenvalue weighted by molar-refractivity contribution is 14.1. The Labute approximate surface area is 104 Å². The molecule has 0 saturated carbocycles. The highest BCUT2D eigenvalue weighted by Crippen LogP contribution is 2.32. The number of fused-ring (bicyclic) bond motifs is 1. The van der Waals surface area contributed by atoms with Crippen LogP contribution in [0.25, 0.3) is 10.1 Å². The van der Waals surface area contributed by atoms with Gasteiger partial charge in [-0.05, 0) is 45.7 Å². The van der Waals surface area contributed by atoms with Crippen molar-refractivity contribution in [2.45, 2.75) is 5.88 Å². The largest absolute Gasteiger partial charge is 0.298 e. The van der Waals surface area contributed by atoms with E-state index in [1.165, 1.54) is 2.88 Å². The molecule has 0 aliphatic carbocycles. The van der Waals surface area contributed by atoms with Crippen molar-refractivity contribution in [1.82, 2.24) is 0 Å². The standard InChI is InChI=1S/C10H6ClIOS/c11-4-6-1-2-7(5-13)10-8(6)3-9(12)14-10/h1-3,5H,4H2. The predicted octanol–water partition coefficient (Wildman–Crippen LogP) is 4.06. The molecule has 0 radical (unpaired) electrons. The van der Waals surface area contributed by atoms with Gasteiger partial charge in [-0.1, -0.05) is 6.07 Å². The summed E-state index contributed by atoms with van der Waals surface area (Å²) in [6.07, 6.45) is 0.896. The van der Waals surface area contributed by atoms with E-state index in [0.29, 0.717) is 5.88 Å². The van der Waals surface area contributed by atoms with E-state index in [1.807, 2.05) is 12.1 Å². The first-order valence-corrected chi connectivity index (χ1v) is 6.41. The number of rotatable bonds is 2. The summed E-state index contributed by atoms with van der Waals surface area (Å²) < 4.78 is 2.22. The van der Waals surface area contributed by atoms with E-state index in [2.05, 4.69) is 28.7 Å². The molecule has 1 aromatic carbocycles. The van der Waals surface area contributed by atoms with Gasteiger partial charge in [0.05, 0.1) is 2.88 Å². The minimum absolute atomic E-state index is 0.489. The van der Waals surface area contributed by atoms with Crippen LogP contribution in [0, 0.1) is 2.88 Å². The maximum atomic E-state index is 10.8. The van der Waals surface area contributed by atoms with Crippen molar-refractivity contribution < 1.29 is 4.79 Å². The molecule has 2 rings (SSSR count). The zero-order valence-corrected chi connectivity index (χ0v) is 10.8. The third-order valence-corrected chi connectivity index (χ3v) is 4.28.